The molecule has 0 radical (unpaired) electrons. The molecule has 0 N–H and O–H groups in total. The largest absolute Gasteiger partial charge is 0.412 e. The van der Waals surface area contributed by atoms with E-state index in [0.29, 0.717) is 11.1 Å². The van der Waals surface area contributed by atoms with Crippen molar-refractivity contribution >= 4 is 6.21 Å². The molecule has 0 atom stereocenters. The van der Waals surface area contributed by atoms with Crippen LogP contribution in [-0.2, 0) is 0 Å². The number of alkyl halides is 3. The van der Waals surface area contributed by atoms with Gasteiger partial charge in [-0.1, -0.05) is 6.58 Å². The van der Waals surface area contributed by atoms with Crippen molar-refractivity contribution in [3.8, 4) is 0 Å². The highest BCUT2D eigenvalue weighted by Crippen LogP contribution is 2.26. The molecule has 0 aromatic rings. The van der Waals surface area contributed by atoms with Crippen molar-refractivity contribution in [2.45, 2.75) is 20.0 Å². The summed E-state index contributed by atoms with van der Waals surface area (Å²) in [5.41, 5.74) is 0.336. The summed E-state index contributed by atoms with van der Waals surface area (Å²) < 4.78 is 36.5. The van der Waals surface area contributed by atoms with Crippen molar-refractivity contribution < 1.29 is 13.2 Å². The molecule has 0 fully saturated rings. The van der Waals surface area contributed by atoms with E-state index in [-0.39, 0.29) is 0 Å². The molecule has 0 aliphatic carbocycles. The molecule has 0 saturated heterocycles. The molecule has 0 aromatic heterocycles. The molecule has 0 aliphatic heterocycles. The fourth-order valence-corrected chi connectivity index (χ4v) is 0.750. The van der Waals surface area contributed by atoms with E-state index in [0.717, 1.165) is 13.0 Å². The van der Waals surface area contributed by atoms with Crippen molar-refractivity contribution in [3.63, 3.8) is 0 Å². The highest BCUT2D eigenvalue weighted by Gasteiger charge is 2.29. The van der Waals surface area contributed by atoms with E-state index in [4.69, 9.17) is 0 Å². The van der Waals surface area contributed by atoms with E-state index >= 15 is 0 Å². The van der Waals surface area contributed by atoms with Gasteiger partial charge in [0.15, 0.2) is 0 Å². The lowest BCUT2D eigenvalue weighted by Crippen LogP contribution is -2.09. The number of rotatable bonds is 3. The van der Waals surface area contributed by atoms with Crippen molar-refractivity contribution in [1.82, 2.24) is 0 Å². The van der Waals surface area contributed by atoms with Crippen LogP contribution in [0.3, 0.4) is 0 Å². The Morgan fingerprint density at radius 2 is 1.80 bits per heavy atom. The lowest BCUT2D eigenvalue weighted by molar-refractivity contribution is -0.0913. The summed E-state index contributed by atoms with van der Waals surface area (Å²) in [5.74, 6) is 0. The van der Waals surface area contributed by atoms with Gasteiger partial charge in [0.2, 0.25) is 0 Å². The molecule has 84 valence electrons. The molecule has 0 spiro atoms. The van der Waals surface area contributed by atoms with Crippen LogP contribution in [0.4, 0.5) is 13.2 Å². The predicted octanol–water partition coefficient (Wildman–Crippen LogP) is 3.70. The molecule has 0 aliphatic rings. The average Bonchev–Trinajstić information content (AvgIpc) is 2.12. The first-order valence-corrected chi connectivity index (χ1v) is 4.33. The van der Waals surface area contributed by atoms with Crippen LogP contribution in [-0.4, -0.2) is 19.4 Å². The lowest BCUT2D eigenvalue weighted by Gasteiger charge is -2.07. The Morgan fingerprint density at radius 1 is 1.27 bits per heavy atom. The number of aliphatic imine (C=N–C) groups is 1. The third-order valence-electron chi connectivity index (χ3n) is 1.82. The molecule has 0 unspecified atom stereocenters. The van der Waals surface area contributed by atoms with E-state index < -0.39 is 11.7 Å². The summed E-state index contributed by atoms with van der Waals surface area (Å²) in [6, 6.07) is 0. The maximum absolute atomic E-state index is 12.2. The molecular formula is C11H14F3N. The van der Waals surface area contributed by atoms with Crippen LogP contribution in [0.25, 0.3) is 0 Å². The normalized spacial score (nSPS) is 14.8. The van der Waals surface area contributed by atoms with Crippen LogP contribution < -0.4 is 0 Å². The van der Waals surface area contributed by atoms with Crippen molar-refractivity contribution in [2.75, 3.05) is 7.05 Å². The SMILES string of the molecule is C=C(C=C(C)C(F)(F)F)C(C)=CC=NC. The second-order valence-electron chi connectivity index (χ2n) is 3.11. The van der Waals surface area contributed by atoms with Crippen molar-refractivity contribution in [3.05, 3.63) is 35.5 Å². The van der Waals surface area contributed by atoms with Gasteiger partial charge in [-0.3, -0.25) is 4.99 Å². The summed E-state index contributed by atoms with van der Waals surface area (Å²) in [4.78, 5) is 3.70. The minimum Gasteiger partial charge on any atom is -0.297 e. The van der Waals surface area contributed by atoms with E-state index in [1.54, 1.807) is 20.0 Å². The Hall–Kier alpha value is -1.32. The van der Waals surface area contributed by atoms with Crippen LogP contribution in [0, 0.1) is 0 Å². The molecule has 0 bridgehead atoms. The second-order valence-corrected chi connectivity index (χ2v) is 3.11. The minimum absolute atomic E-state index is 0.338. The van der Waals surface area contributed by atoms with Crippen LogP contribution in [0.2, 0.25) is 0 Å². The molecule has 15 heavy (non-hydrogen) atoms. The fourth-order valence-electron chi connectivity index (χ4n) is 0.750. The van der Waals surface area contributed by atoms with Crippen LogP contribution >= 0.6 is 0 Å². The highest BCUT2D eigenvalue weighted by atomic mass is 19.4. The molecular weight excluding hydrogens is 203 g/mol. The molecule has 4 heteroatoms. The quantitative estimate of drug-likeness (QED) is 0.505. The van der Waals surface area contributed by atoms with Crippen LogP contribution in [0.5, 0.6) is 0 Å². The maximum Gasteiger partial charge on any atom is 0.412 e. The standard InChI is InChI=1S/C11H14F3N/c1-8(5-6-15-4)9(2)7-10(3)11(12,13)14/h5-7H,2H2,1,3-4H3. The number of halogens is 3. The third-order valence-corrected chi connectivity index (χ3v) is 1.82. The van der Waals surface area contributed by atoms with Gasteiger partial charge in [-0.05, 0) is 37.1 Å². The van der Waals surface area contributed by atoms with E-state index in [1.165, 1.54) is 6.21 Å². The third kappa shape index (κ3) is 5.20. The molecule has 0 amide bonds. The van der Waals surface area contributed by atoms with Gasteiger partial charge in [-0.2, -0.15) is 13.2 Å². The van der Waals surface area contributed by atoms with Gasteiger partial charge in [-0.15, -0.1) is 0 Å². The van der Waals surface area contributed by atoms with Crippen molar-refractivity contribution in [2.24, 2.45) is 4.99 Å². The van der Waals surface area contributed by atoms with E-state index in [2.05, 4.69) is 11.6 Å². The molecule has 0 aromatic carbocycles. The summed E-state index contributed by atoms with van der Waals surface area (Å²) in [5, 5.41) is 0. The van der Waals surface area contributed by atoms with E-state index in [9.17, 15) is 13.2 Å². The Morgan fingerprint density at radius 3 is 2.20 bits per heavy atom. The van der Waals surface area contributed by atoms with Crippen LogP contribution in [0.1, 0.15) is 13.8 Å². The first-order chi connectivity index (χ1) is 6.79. The van der Waals surface area contributed by atoms with E-state index in [1.807, 2.05) is 0 Å². The highest BCUT2D eigenvalue weighted by molar-refractivity contribution is 5.73. The first-order valence-electron chi connectivity index (χ1n) is 4.33. The molecule has 0 saturated carbocycles. The van der Waals surface area contributed by atoms with Gasteiger partial charge in [-0.25, -0.2) is 0 Å². The van der Waals surface area contributed by atoms with Gasteiger partial charge in [0.05, 0.1) is 0 Å². The Labute approximate surface area is 87.7 Å². The Bertz CT molecular complexity index is 319. The summed E-state index contributed by atoms with van der Waals surface area (Å²) in [6.45, 7) is 6.26. The zero-order valence-corrected chi connectivity index (χ0v) is 9.02. The first kappa shape index (κ1) is 13.7. The number of hydrogen-bond donors (Lipinski definition) is 0. The predicted molar refractivity (Wildman–Crippen MR) is 57.1 cm³/mol. The van der Waals surface area contributed by atoms with Gasteiger partial charge in [0.25, 0.3) is 0 Å². The summed E-state index contributed by atoms with van der Waals surface area (Å²) in [6.07, 6.45) is -0.142. The lowest BCUT2D eigenvalue weighted by atomic mass is 10.1. The summed E-state index contributed by atoms with van der Waals surface area (Å²) in [7, 11) is 1.59. The van der Waals surface area contributed by atoms with Gasteiger partial charge in [0, 0.05) is 18.8 Å². The Kier molecular flexibility index (Phi) is 5.05. The molecule has 0 rings (SSSR count). The monoisotopic (exact) mass is 217 g/mol. The maximum atomic E-state index is 12.2. The zero-order valence-electron chi connectivity index (χ0n) is 9.02. The van der Waals surface area contributed by atoms with Gasteiger partial charge >= 0.3 is 6.18 Å². The Balaban J connectivity index is 4.77. The number of allylic oxidation sites excluding steroid dienone is 5. The fraction of sp³-hybridized carbons (Fsp3) is 0.364. The van der Waals surface area contributed by atoms with Gasteiger partial charge in [0.1, 0.15) is 0 Å². The molecule has 0 heterocycles. The number of hydrogen-bond acceptors (Lipinski definition) is 1. The van der Waals surface area contributed by atoms with Crippen molar-refractivity contribution in [1.29, 1.82) is 0 Å². The second kappa shape index (κ2) is 5.53. The smallest absolute Gasteiger partial charge is 0.297 e. The minimum atomic E-state index is -4.29. The molecule has 1 nitrogen and oxygen atoms in total. The zero-order chi connectivity index (χ0) is 12.1. The van der Waals surface area contributed by atoms with Gasteiger partial charge < -0.3 is 0 Å². The average molecular weight is 217 g/mol. The topological polar surface area (TPSA) is 12.4 Å². The number of nitrogens with zero attached hydrogens (tertiary/aromatic N) is 1. The summed E-state index contributed by atoms with van der Waals surface area (Å²) >= 11 is 0. The van der Waals surface area contributed by atoms with Crippen LogP contribution in [0.15, 0.2) is 40.4 Å².